The molecule has 2 aromatic heterocycles. The number of hydrogen-bond donors (Lipinski definition) is 2. The molecule has 8 heteroatoms. The topological polar surface area (TPSA) is 106 Å². The number of rotatable bonds is 5. The van der Waals surface area contributed by atoms with E-state index in [1.165, 1.54) is 11.9 Å². The molecule has 3 N–H and O–H groups in total. The van der Waals surface area contributed by atoms with E-state index in [0.29, 0.717) is 34.9 Å². The maximum absolute atomic E-state index is 13.4. The van der Waals surface area contributed by atoms with E-state index in [-0.39, 0.29) is 11.8 Å². The predicted molar refractivity (Wildman–Crippen MR) is 150 cm³/mol. The molecule has 0 radical (unpaired) electrons. The normalized spacial score (nSPS) is 24.2. The summed E-state index contributed by atoms with van der Waals surface area (Å²) in [5, 5.41) is 3.70. The van der Waals surface area contributed by atoms with Crippen molar-refractivity contribution in [2.45, 2.75) is 45.6 Å². The lowest BCUT2D eigenvalue weighted by molar-refractivity contribution is -0.135. The van der Waals surface area contributed by atoms with Gasteiger partial charge in [-0.1, -0.05) is 31.7 Å². The zero-order valence-electron chi connectivity index (χ0n) is 22.2. The van der Waals surface area contributed by atoms with Crippen LogP contribution in [0.2, 0.25) is 0 Å². The minimum atomic E-state index is -0.205. The number of nitrogen functional groups attached to an aromatic ring is 1. The standard InChI is InChI=1S/C30H34N6O2/c1-16(2)29(37)34-21-11-9-19(10-12-21)26-23(24-27(31)32-15-33-28(24)35(26)4)18-5-7-20(8-6-18)30(38)36-14-13-22-17(3)25(22)36/h5,9-12,15,17,20,22,25H,1,6-8,13-14H2,2-4H3,(H,34,37)(H2,31,32,33)/t17-,20-,22+,25-/m0/s1. The van der Waals surface area contributed by atoms with Crippen molar-refractivity contribution in [1.29, 1.82) is 0 Å². The maximum atomic E-state index is 13.4. The van der Waals surface area contributed by atoms with Gasteiger partial charge in [0, 0.05) is 42.4 Å². The number of aryl methyl sites for hydroxylation is 1. The fraction of sp³-hybridized carbons (Fsp3) is 0.400. The number of aromatic nitrogens is 3. The monoisotopic (exact) mass is 510 g/mol. The highest BCUT2D eigenvalue weighted by atomic mass is 16.2. The second-order valence-electron chi connectivity index (χ2n) is 11.1. The molecule has 1 aliphatic heterocycles. The summed E-state index contributed by atoms with van der Waals surface area (Å²) in [5.41, 5.74) is 12.5. The van der Waals surface area contributed by atoms with Crippen molar-refractivity contribution >= 4 is 39.9 Å². The largest absolute Gasteiger partial charge is 0.383 e. The molecule has 1 saturated carbocycles. The SMILES string of the molecule is C=C(C)C(=O)Nc1ccc(-c2c(C3=CC[C@H](C(=O)N4CC[C@@H]5[C@H](C)[C@@H]54)CC3)c3c(N)ncnc3n2C)cc1. The lowest BCUT2D eigenvalue weighted by Crippen LogP contribution is -2.37. The van der Waals surface area contributed by atoms with E-state index in [9.17, 15) is 9.59 Å². The Bertz CT molecular complexity index is 1500. The van der Waals surface area contributed by atoms with Gasteiger partial charge in [-0.05, 0) is 67.7 Å². The van der Waals surface area contributed by atoms with Gasteiger partial charge in [0.05, 0.1) is 11.1 Å². The third-order valence-corrected chi connectivity index (χ3v) is 8.74. The average molecular weight is 511 g/mol. The number of nitrogens with two attached hydrogens (primary N) is 1. The van der Waals surface area contributed by atoms with Gasteiger partial charge in [-0.25, -0.2) is 9.97 Å². The molecule has 0 unspecified atom stereocenters. The van der Waals surface area contributed by atoms with Gasteiger partial charge in [-0.15, -0.1) is 0 Å². The van der Waals surface area contributed by atoms with Crippen molar-refractivity contribution in [2.75, 3.05) is 17.6 Å². The lowest BCUT2D eigenvalue weighted by atomic mass is 9.84. The predicted octanol–water partition coefficient (Wildman–Crippen LogP) is 4.78. The Morgan fingerprint density at radius 1 is 1.16 bits per heavy atom. The summed E-state index contributed by atoms with van der Waals surface area (Å²) in [6.07, 6.45) is 7.21. The molecule has 1 saturated heterocycles. The maximum Gasteiger partial charge on any atom is 0.250 e. The number of likely N-dealkylation sites (tertiary alicyclic amines) is 1. The Hall–Kier alpha value is -3.94. The highest BCUT2D eigenvalue weighted by molar-refractivity contribution is 6.05. The number of amides is 2. The van der Waals surface area contributed by atoms with Crippen molar-refractivity contribution in [3.63, 3.8) is 0 Å². The van der Waals surface area contributed by atoms with Crippen LogP contribution in [0.1, 0.15) is 45.1 Å². The second-order valence-corrected chi connectivity index (χ2v) is 11.1. The molecule has 8 nitrogen and oxygen atoms in total. The van der Waals surface area contributed by atoms with Gasteiger partial charge in [0.15, 0.2) is 0 Å². The molecule has 2 fully saturated rings. The Balaban J connectivity index is 1.34. The van der Waals surface area contributed by atoms with Crippen LogP contribution in [-0.2, 0) is 16.6 Å². The summed E-state index contributed by atoms with van der Waals surface area (Å²) < 4.78 is 2.06. The molecule has 3 aromatic rings. The molecule has 2 amide bonds. The van der Waals surface area contributed by atoms with Crippen molar-refractivity contribution in [1.82, 2.24) is 19.4 Å². The summed E-state index contributed by atoms with van der Waals surface area (Å²) in [6, 6.07) is 8.23. The van der Waals surface area contributed by atoms with E-state index < -0.39 is 0 Å². The number of hydrogen-bond acceptors (Lipinski definition) is 5. The molecule has 6 rings (SSSR count). The number of nitrogens with one attached hydrogen (secondary N) is 1. The number of nitrogens with zero attached hydrogens (tertiary/aromatic N) is 4. The minimum absolute atomic E-state index is 0.0357. The van der Waals surface area contributed by atoms with Crippen LogP contribution in [-0.4, -0.2) is 43.8 Å². The lowest BCUT2D eigenvalue weighted by Gasteiger charge is -2.28. The minimum Gasteiger partial charge on any atom is -0.383 e. The first-order valence-corrected chi connectivity index (χ1v) is 13.4. The van der Waals surface area contributed by atoms with Crippen molar-refractivity contribution in [3.05, 3.63) is 54.4 Å². The van der Waals surface area contributed by atoms with Crippen LogP contribution in [0.4, 0.5) is 11.5 Å². The van der Waals surface area contributed by atoms with E-state index in [1.54, 1.807) is 6.92 Å². The number of allylic oxidation sites excluding steroid dienone is 2. The summed E-state index contributed by atoms with van der Waals surface area (Å²) in [4.78, 5) is 36.4. The molecule has 196 valence electrons. The Kier molecular flexibility index (Phi) is 5.85. The summed E-state index contributed by atoms with van der Waals surface area (Å²) in [6.45, 7) is 8.56. The Morgan fingerprint density at radius 2 is 1.92 bits per heavy atom. The quantitative estimate of drug-likeness (QED) is 0.481. The van der Waals surface area contributed by atoms with Crippen LogP contribution in [0.3, 0.4) is 0 Å². The first-order chi connectivity index (χ1) is 18.3. The van der Waals surface area contributed by atoms with Gasteiger partial charge in [-0.3, -0.25) is 9.59 Å². The molecule has 2 aliphatic carbocycles. The fourth-order valence-electron chi connectivity index (χ4n) is 6.56. The number of fused-ring (bicyclic) bond motifs is 2. The molecule has 0 bridgehead atoms. The molecule has 3 aliphatic rings. The molecule has 1 aromatic carbocycles. The average Bonchev–Trinajstić information content (AvgIpc) is 3.23. The molecule has 4 atom stereocenters. The molecule has 3 heterocycles. The van der Waals surface area contributed by atoms with Crippen LogP contribution >= 0.6 is 0 Å². The molecule has 0 spiro atoms. The van der Waals surface area contributed by atoms with Gasteiger partial charge in [-0.2, -0.15) is 0 Å². The fourth-order valence-corrected chi connectivity index (χ4v) is 6.56. The first-order valence-electron chi connectivity index (χ1n) is 13.4. The van der Waals surface area contributed by atoms with Gasteiger partial charge in [0.2, 0.25) is 5.91 Å². The van der Waals surface area contributed by atoms with Gasteiger partial charge in [0.1, 0.15) is 17.8 Å². The number of carbonyl (C=O) groups is 2. The van der Waals surface area contributed by atoms with Crippen LogP contribution in [0, 0.1) is 17.8 Å². The highest BCUT2D eigenvalue weighted by Gasteiger charge is 2.56. The summed E-state index contributed by atoms with van der Waals surface area (Å²) in [7, 11) is 1.99. The Labute approximate surface area is 222 Å². The van der Waals surface area contributed by atoms with Crippen LogP contribution in [0.5, 0.6) is 0 Å². The van der Waals surface area contributed by atoms with Crippen molar-refractivity contribution in [3.8, 4) is 11.3 Å². The van der Waals surface area contributed by atoms with E-state index >= 15 is 0 Å². The third-order valence-electron chi connectivity index (χ3n) is 8.74. The van der Waals surface area contributed by atoms with Gasteiger partial charge < -0.3 is 20.5 Å². The van der Waals surface area contributed by atoms with E-state index in [4.69, 9.17) is 5.73 Å². The van der Waals surface area contributed by atoms with Gasteiger partial charge >= 0.3 is 0 Å². The smallest absolute Gasteiger partial charge is 0.250 e. The molecular formula is C30H34N6O2. The number of anilines is 2. The second kappa shape index (κ2) is 9.11. The number of benzene rings is 1. The number of carbonyl (C=O) groups excluding carboxylic acids is 2. The molecular weight excluding hydrogens is 476 g/mol. The van der Waals surface area contributed by atoms with E-state index in [1.807, 2.05) is 31.3 Å². The van der Waals surface area contributed by atoms with Crippen LogP contribution < -0.4 is 11.1 Å². The van der Waals surface area contributed by atoms with Gasteiger partial charge in [0.25, 0.3) is 5.91 Å². The highest BCUT2D eigenvalue weighted by Crippen LogP contribution is 2.51. The first kappa shape index (κ1) is 24.4. The zero-order valence-corrected chi connectivity index (χ0v) is 22.2. The summed E-state index contributed by atoms with van der Waals surface area (Å²) >= 11 is 0. The van der Waals surface area contributed by atoms with Crippen LogP contribution in [0.15, 0.2) is 48.8 Å². The summed E-state index contributed by atoms with van der Waals surface area (Å²) in [5.74, 6) is 1.98. The van der Waals surface area contributed by atoms with Crippen LogP contribution in [0.25, 0.3) is 27.9 Å². The van der Waals surface area contributed by atoms with Crippen molar-refractivity contribution < 1.29 is 9.59 Å². The number of piperidine rings is 1. The Morgan fingerprint density at radius 3 is 2.55 bits per heavy atom. The third kappa shape index (κ3) is 3.90. The van der Waals surface area contributed by atoms with E-state index in [2.05, 4.69) is 44.3 Å². The molecule has 38 heavy (non-hydrogen) atoms. The van der Waals surface area contributed by atoms with Crippen molar-refractivity contribution in [2.24, 2.45) is 24.8 Å². The van der Waals surface area contributed by atoms with E-state index in [0.717, 1.165) is 66.0 Å². The zero-order chi connectivity index (χ0) is 26.7.